The first-order chi connectivity index (χ1) is 10.7. The third-order valence-electron chi connectivity index (χ3n) is 5.97. The number of unbranched alkanes of at least 4 members (excludes halogenated alkanes) is 2. The van der Waals surface area contributed by atoms with Crippen molar-refractivity contribution in [3.8, 4) is 0 Å². The highest BCUT2D eigenvalue weighted by atomic mass is 16.1. The van der Waals surface area contributed by atoms with E-state index in [1.165, 1.54) is 38.5 Å². The Bertz CT molecular complexity index is 452. The molecule has 122 valence electrons. The lowest BCUT2D eigenvalue weighted by atomic mass is 9.69. The zero-order chi connectivity index (χ0) is 15.8. The second-order valence-electron chi connectivity index (χ2n) is 7.21. The Morgan fingerprint density at radius 2 is 2.09 bits per heavy atom. The fourth-order valence-electron chi connectivity index (χ4n) is 4.90. The Morgan fingerprint density at radius 1 is 1.23 bits per heavy atom. The molecular formula is C18H28N2O2. The monoisotopic (exact) mass is 304 g/mol. The van der Waals surface area contributed by atoms with Crippen molar-refractivity contribution in [3.63, 3.8) is 0 Å². The van der Waals surface area contributed by atoms with E-state index in [1.807, 2.05) is 0 Å². The van der Waals surface area contributed by atoms with Gasteiger partial charge in [0.2, 0.25) is 12.2 Å². The Kier molecular flexibility index (Phi) is 6.54. The maximum absolute atomic E-state index is 10.6. The third-order valence-corrected chi connectivity index (χ3v) is 5.97. The minimum atomic E-state index is 0.166. The molecule has 2 aliphatic rings. The molecule has 0 heterocycles. The lowest BCUT2D eigenvalue weighted by molar-refractivity contribution is 0.143. The van der Waals surface area contributed by atoms with Gasteiger partial charge in [-0.2, -0.15) is 0 Å². The van der Waals surface area contributed by atoms with Gasteiger partial charge in [-0.1, -0.05) is 19.8 Å². The normalized spacial score (nSPS) is 30.6. The van der Waals surface area contributed by atoms with Gasteiger partial charge in [0.1, 0.15) is 0 Å². The predicted molar refractivity (Wildman–Crippen MR) is 86.2 cm³/mol. The van der Waals surface area contributed by atoms with E-state index in [0.29, 0.717) is 12.0 Å². The van der Waals surface area contributed by atoms with Gasteiger partial charge in [0.15, 0.2) is 0 Å². The van der Waals surface area contributed by atoms with Crippen molar-refractivity contribution in [2.75, 3.05) is 6.54 Å². The summed E-state index contributed by atoms with van der Waals surface area (Å²) in [6, 6.07) is 0.166. The summed E-state index contributed by atoms with van der Waals surface area (Å²) in [5.41, 5.74) is 0.437. The Balaban J connectivity index is 1.85. The predicted octanol–water partition coefficient (Wildman–Crippen LogP) is 4.19. The van der Waals surface area contributed by atoms with E-state index >= 15 is 0 Å². The van der Waals surface area contributed by atoms with Gasteiger partial charge >= 0.3 is 0 Å². The van der Waals surface area contributed by atoms with Crippen LogP contribution in [0.4, 0.5) is 0 Å². The van der Waals surface area contributed by atoms with Crippen LogP contribution in [0.15, 0.2) is 9.98 Å². The number of isocyanates is 2. The fourth-order valence-corrected chi connectivity index (χ4v) is 4.90. The van der Waals surface area contributed by atoms with Crippen molar-refractivity contribution in [2.45, 2.75) is 77.2 Å². The Morgan fingerprint density at radius 3 is 2.77 bits per heavy atom. The minimum absolute atomic E-state index is 0.166. The van der Waals surface area contributed by atoms with E-state index in [1.54, 1.807) is 12.2 Å². The summed E-state index contributed by atoms with van der Waals surface area (Å²) in [7, 11) is 0. The number of hydrogen-bond acceptors (Lipinski definition) is 4. The van der Waals surface area contributed by atoms with Crippen LogP contribution in [0.1, 0.15) is 71.1 Å². The topological polar surface area (TPSA) is 58.9 Å². The minimum Gasteiger partial charge on any atom is -0.211 e. The molecule has 2 bridgehead atoms. The van der Waals surface area contributed by atoms with E-state index in [9.17, 15) is 9.59 Å². The molecule has 0 amide bonds. The zero-order valence-electron chi connectivity index (χ0n) is 13.7. The quantitative estimate of drug-likeness (QED) is 0.345. The molecule has 22 heavy (non-hydrogen) atoms. The Labute approximate surface area is 133 Å². The molecular weight excluding hydrogens is 276 g/mol. The second kappa shape index (κ2) is 8.41. The van der Waals surface area contributed by atoms with Crippen molar-refractivity contribution < 1.29 is 9.59 Å². The lowest BCUT2D eigenvalue weighted by Gasteiger charge is -2.37. The van der Waals surface area contributed by atoms with E-state index in [2.05, 4.69) is 16.9 Å². The fraction of sp³-hybridized carbons (Fsp3) is 0.889. The van der Waals surface area contributed by atoms with Gasteiger partial charge in [0, 0.05) is 0 Å². The smallest absolute Gasteiger partial charge is 0.211 e. The molecule has 4 unspecified atom stereocenters. The summed E-state index contributed by atoms with van der Waals surface area (Å²) in [4.78, 5) is 28.3. The molecule has 0 aliphatic heterocycles. The molecule has 2 aliphatic carbocycles. The van der Waals surface area contributed by atoms with Gasteiger partial charge in [-0.05, 0) is 68.6 Å². The average molecular weight is 304 g/mol. The van der Waals surface area contributed by atoms with Crippen molar-refractivity contribution in [3.05, 3.63) is 0 Å². The van der Waals surface area contributed by atoms with E-state index in [-0.39, 0.29) is 6.04 Å². The molecule has 4 heteroatoms. The van der Waals surface area contributed by atoms with Crippen LogP contribution in [0.5, 0.6) is 0 Å². The number of aliphatic imine (C=N–C) groups is 2. The van der Waals surface area contributed by atoms with Gasteiger partial charge in [-0.3, -0.25) is 0 Å². The van der Waals surface area contributed by atoms with Crippen LogP contribution in [0.3, 0.4) is 0 Å². The number of fused-ring (bicyclic) bond motifs is 2. The molecule has 0 aromatic heterocycles. The number of nitrogens with zero attached hydrogens (tertiary/aromatic N) is 2. The van der Waals surface area contributed by atoms with Crippen LogP contribution in [0.25, 0.3) is 0 Å². The Hall–Kier alpha value is -1.24. The maximum Gasteiger partial charge on any atom is 0.235 e. The van der Waals surface area contributed by atoms with Crippen LogP contribution < -0.4 is 0 Å². The van der Waals surface area contributed by atoms with Crippen LogP contribution in [0, 0.1) is 17.3 Å². The highest BCUT2D eigenvalue weighted by molar-refractivity contribution is 5.33. The van der Waals surface area contributed by atoms with Gasteiger partial charge in [-0.15, -0.1) is 0 Å². The summed E-state index contributed by atoms with van der Waals surface area (Å²) >= 11 is 0. The van der Waals surface area contributed by atoms with E-state index in [0.717, 1.165) is 37.5 Å². The van der Waals surface area contributed by atoms with E-state index in [4.69, 9.17) is 0 Å². The maximum atomic E-state index is 10.6. The molecule has 0 spiro atoms. The molecule has 0 saturated heterocycles. The highest BCUT2D eigenvalue weighted by Gasteiger charge is 2.51. The number of carbonyl (C=O) groups excluding carboxylic acids is 2. The summed E-state index contributed by atoms with van der Waals surface area (Å²) in [5.74, 6) is 1.71. The molecule has 0 N–H and O–H groups in total. The molecule has 0 radical (unpaired) electrons. The second-order valence-corrected chi connectivity index (χ2v) is 7.21. The van der Waals surface area contributed by atoms with Crippen molar-refractivity contribution in [1.82, 2.24) is 0 Å². The summed E-state index contributed by atoms with van der Waals surface area (Å²) in [6.07, 6.45) is 15.4. The highest BCUT2D eigenvalue weighted by Crippen LogP contribution is 2.61. The molecule has 2 rings (SSSR count). The van der Waals surface area contributed by atoms with Crippen molar-refractivity contribution >= 4 is 12.2 Å². The molecule has 4 atom stereocenters. The van der Waals surface area contributed by atoms with Gasteiger partial charge in [0.25, 0.3) is 0 Å². The van der Waals surface area contributed by atoms with Crippen molar-refractivity contribution in [2.24, 2.45) is 27.2 Å². The summed E-state index contributed by atoms with van der Waals surface area (Å²) in [5, 5.41) is 0. The number of rotatable bonds is 10. The van der Waals surface area contributed by atoms with Crippen LogP contribution in [-0.4, -0.2) is 24.7 Å². The van der Waals surface area contributed by atoms with Crippen LogP contribution in [-0.2, 0) is 9.59 Å². The van der Waals surface area contributed by atoms with E-state index < -0.39 is 0 Å². The SMILES string of the molecule is CCC(CC12CCC(CC1CCCCCN=C=O)C2)N=C=O. The summed E-state index contributed by atoms with van der Waals surface area (Å²) < 4.78 is 0. The largest absolute Gasteiger partial charge is 0.235 e. The molecule has 0 aromatic rings. The number of hydrogen-bond donors (Lipinski definition) is 0. The van der Waals surface area contributed by atoms with Gasteiger partial charge < -0.3 is 0 Å². The molecule has 4 nitrogen and oxygen atoms in total. The zero-order valence-corrected chi connectivity index (χ0v) is 13.7. The van der Waals surface area contributed by atoms with Gasteiger partial charge in [-0.25, -0.2) is 19.6 Å². The molecule has 0 aromatic carbocycles. The van der Waals surface area contributed by atoms with Crippen LogP contribution in [0.2, 0.25) is 0 Å². The standard InChI is InChI=1S/C18H28N2O2/c1-2-17(20-14-22)12-18-8-7-15(11-18)10-16(18)6-4-3-5-9-19-13-21/h15-17H,2-12H2,1H3. The average Bonchev–Trinajstić information content (AvgIpc) is 3.08. The third kappa shape index (κ3) is 4.15. The summed E-state index contributed by atoms with van der Waals surface area (Å²) in [6.45, 7) is 2.74. The first-order valence-electron chi connectivity index (χ1n) is 8.84. The van der Waals surface area contributed by atoms with Gasteiger partial charge in [0.05, 0.1) is 12.6 Å². The molecule has 2 fully saturated rings. The molecule has 2 saturated carbocycles. The van der Waals surface area contributed by atoms with Crippen molar-refractivity contribution in [1.29, 1.82) is 0 Å². The lowest BCUT2D eigenvalue weighted by Crippen LogP contribution is -2.29. The first kappa shape index (κ1) is 17.1. The van der Waals surface area contributed by atoms with Crippen LogP contribution >= 0.6 is 0 Å². The first-order valence-corrected chi connectivity index (χ1v) is 8.84.